The monoisotopic (exact) mass is 650 g/mol. The fraction of sp³-hybridized carbons (Fsp3) is 0.417. The van der Waals surface area contributed by atoms with Crippen LogP contribution in [0.2, 0.25) is 0 Å². The van der Waals surface area contributed by atoms with Crippen molar-refractivity contribution in [3.63, 3.8) is 0 Å². The Morgan fingerprint density at radius 3 is 2.15 bits per heavy atom. The summed E-state index contributed by atoms with van der Waals surface area (Å²) in [5, 5.41) is 3.46. The van der Waals surface area contributed by atoms with Crippen LogP contribution in [0.25, 0.3) is 0 Å². The molecule has 1 aliphatic carbocycles. The number of hydrogen-bond donors (Lipinski definition) is 1. The van der Waals surface area contributed by atoms with E-state index in [-0.39, 0.29) is 40.2 Å². The Hall–Kier alpha value is -1.80. The molecule has 3 aromatic carbocycles. The average Bonchev–Trinajstić information content (AvgIpc) is 3.58. The maximum atomic E-state index is 5.72. The van der Waals surface area contributed by atoms with E-state index < -0.39 is 0 Å². The summed E-state index contributed by atoms with van der Waals surface area (Å²) in [5.41, 5.74) is 7.59. The molecule has 0 bridgehead atoms. The van der Waals surface area contributed by atoms with Gasteiger partial charge in [0.1, 0.15) is 0 Å². The summed E-state index contributed by atoms with van der Waals surface area (Å²) in [5.74, 6) is 1.74. The number of fused-ring (bicyclic) bond motifs is 1. The number of halogens is 1. The van der Waals surface area contributed by atoms with E-state index in [1.165, 1.54) is 17.5 Å². The van der Waals surface area contributed by atoms with Crippen LogP contribution in [0.1, 0.15) is 102 Å². The summed E-state index contributed by atoms with van der Waals surface area (Å²) in [6.07, 6.45) is 2.64. The zero-order chi connectivity index (χ0) is 29.1. The third-order valence-electron chi connectivity index (χ3n) is 6.86. The van der Waals surface area contributed by atoms with Crippen molar-refractivity contribution in [1.82, 2.24) is 5.32 Å². The largest absolute Gasteiger partial charge is 0.464 e. The fourth-order valence-electron chi connectivity index (χ4n) is 5.15. The average molecular weight is 650 g/mol. The quantitative estimate of drug-likeness (QED) is 0.219. The van der Waals surface area contributed by atoms with Crippen molar-refractivity contribution in [3.05, 3.63) is 115 Å². The molecule has 1 N–H and O–H groups in total. The molecule has 2 nitrogen and oxygen atoms in total. The van der Waals surface area contributed by atoms with Gasteiger partial charge >= 0.3 is 90.3 Å². The summed E-state index contributed by atoms with van der Waals surface area (Å²) in [7, 11) is 5.72. The smallest absolute Gasteiger partial charge is 0.00953 e. The van der Waals surface area contributed by atoms with E-state index in [2.05, 4.69) is 95.0 Å². The summed E-state index contributed by atoms with van der Waals surface area (Å²) >= 11 is -0.191. The molecule has 1 heterocycles. The minimum Gasteiger partial charge on any atom is -0.464 e. The Labute approximate surface area is 257 Å². The molecule has 0 aromatic heterocycles. The molecular weight excluding hydrogens is 599 g/mol. The Kier molecular flexibility index (Phi) is 15.6. The van der Waals surface area contributed by atoms with E-state index in [1.807, 2.05) is 56.6 Å². The fourth-order valence-corrected chi connectivity index (χ4v) is 6.26. The molecular formula is C36H51ClNORu-2. The van der Waals surface area contributed by atoms with Crippen molar-refractivity contribution in [2.45, 2.75) is 98.1 Å². The number of nitrogens with one attached hydrogen (secondary N) is 1. The number of rotatable bonds is 5. The molecule has 40 heavy (non-hydrogen) atoms. The first-order valence-corrected chi connectivity index (χ1v) is 17.4. The first-order chi connectivity index (χ1) is 18.6. The van der Waals surface area contributed by atoms with Gasteiger partial charge in [-0.1, -0.05) is 88.2 Å². The molecule has 1 saturated heterocycles. The van der Waals surface area contributed by atoms with E-state index in [0.29, 0.717) is 0 Å². The van der Waals surface area contributed by atoms with Gasteiger partial charge in [-0.25, -0.2) is 0 Å². The summed E-state index contributed by atoms with van der Waals surface area (Å²) in [4.78, 5) is 0. The Bertz CT molecular complexity index is 1170. The maximum Gasteiger partial charge on any atom is 0.00953 e. The minimum absolute atomic E-state index is 0. The molecule has 0 radical (unpaired) electrons. The molecule has 0 saturated carbocycles. The van der Waals surface area contributed by atoms with E-state index >= 15 is 0 Å². The Morgan fingerprint density at radius 1 is 1.00 bits per heavy atom. The van der Waals surface area contributed by atoms with Gasteiger partial charge in [0, 0.05) is 5.92 Å². The zero-order valence-electron chi connectivity index (χ0n) is 26.3. The number of benzene rings is 3. The predicted molar refractivity (Wildman–Crippen MR) is 174 cm³/mol. The van der Waals surface area contributed by atoms with Gasteiger partial charge in [-0.2, -0.15) is 0 Å². The van der Waals surface area contributed by atoms with Crippen LogP contribution >= 0.6 is 9.69 Å². The Balaban J connectivity index is 0.000000290. The normalized spacial score (nSPS) is 19.7. The second-order valence-corrected chi connectivity index (χ2v) is 12.8. The molecule has 5 rings (SSSR count). The summed E-state index contributed by atoms with van der Waals surface area (Å²) in [6, 6.07) is 25.3. The second-order valence-electron chi connectivity index (χ2n) is 11.1. The first kappa shape index (κ1) is 36.2. The van der Waals surface area contributed by atoms with E-state index in [1.54, 1.807) is 11.1 Å². The van der Waals surface area contributed by atoms with Gasteiger partial charge in [-0.15, -0.1) is 5.41 Å². The molecule has 1 fully saturated rings. The summed E-state index contributed by atoms with van der Waals surface area (Å²) < 4.78 is 7.66. The van der Waals surface area contributed by atoms with Crippen molar-refractivity contribution >= 4 is 14.3 Å². The topological polar surface area (TPSA) is 21.3 Å². The van der Waals surface area contributed by atoms with Crippen LogP contribution in [0.15, 0.2) is 72.8 Å². The third-order valence-corrected chi connectivity index (χ3v) is 8.05. The molecule has 0 amide bonds. The third kappa shape index (κ3) is 10.6. The van der Waals surface area contributed by atoms with Crippen molar-refractivity contribution in [2.24, 2.45) is 0 Å². The maximum absolute atomic E-state index is 5.72. The van der Waals surface area contributed by atoms with Crippen LogP contribution in [0, 0.1) is 20.9 Å². The van der Waals surface area contributed by atoms with Crippen LogP contribution in [0.4, 0.5) is 0 Å². The molecule has 2 unspecified atom stereocenters. The second kappa shape index (κ2) is 17.2. The van der Waals surface area contributed by atoms with Gasteiger partial charge in [-0.3, -0.25) is 6.54 Å². The van der Waals surface area contributed by atoms with Crippen LogP contribution in [-0.4, -0.2) is 16.3 Å². The first-order valence-electron chi connectivity index (χ1n) is 14.2. The van der Waals surface area contributed by atoms with Crippen molar-refractivity contribution in [2.75, 3.05) is 0 Å². The van der Waals surface area contributed by atoms with Gasteiger partial charge < -0.3 is 12.7 Å². The van der Waals surface area contributed by atoms with Crippen LogP contribution < -0.4 is 10.1 Å². The van der Waals surface area contributed by atoms with Crippen molar-refractivity contribution < 1.29 is 20.4 Å². The summed E-state index contributed by atoms with van der Waals surface area (Å²) in [6.45, 7) is 21.5. The molecule has 4 heteroatoms. The number of hydrogen-bond acceptors (Lipinski definition) is 2. The SMILES string of the molecule is CC.CC(C)Oc1ccccc1[CH]=[Ru][Cl].CC1(C)CC(C)(c2ccccc2)[CH-]N1.CCC1c2cccc(C)c21.[CH3-]. The molecule has 2 aliphatic rings. The number of ether oxygens (including phenoxy) is 1. The van der Waals surface area contributed by atoms with Gasteiger partial charge in [0.25, 0.3) is 0 Å². The zero-order valence-corrected chi connectivity index (χ0v) is 28.8. The Morgan fingerprint density at radius 2 is 1.62 bits per heavy atom. The van der Waals surface area contributed by atoms with Gasteiger partial charge in [0.15, 0.2) is 0 Å². The molecule has 223 valence electrons. The molecule has 2 atom stereocenters. The van der Waals surface area contributed by atoms with Crippen LogP contribution in [-0.2, 0) is 21.1 Å². The van der Waals surface area contributed by atoms with Crippen LogP contribution in [0.5, 0.6) is 5.75 Å². The minimum atomic E-state index is -0.191. The number of para-hydroxylation sites is 1. The van der Waals surface area contributed by atoms with Gasteiger partial charge in [0.05, 0.1) is 0 Å². The molecule has 0 spiro atoms. The van der Waals surface area contributed by atoms with Gasteiger partial charge in [0.2, 0.25) is 0 Å². The van der Waals surface area contributed by atoms with Gasteiger partial charge in [-0.05, 0) is 49.4 Å². The van der Waals surface area contributed by atoms with E-state index in [4.69, 9.17) is 14.4 Å². The van der Waals surface area contributed by atoms with E-state index in [9.17, 15) is 0 Å². The molecule has 1 aliphatic heterocycles. The molecule has 3 aromatic rings. The van der Waals surface area contributed by atoms with Crippen molar-refractivity contribution in [1.29, 1.82) is 0 Å². The van der Waals surface area contributed by atoms with Crippen molar-refractivity contribution in [3.8, 4) is 5.75 Å². The predicted octanol–water partition coefficient (Wildman–Crippen LogP) is 10.1. The van der Waals surface area contributed by atoms with E-state index in [0.717, 1.165) is 23.7 Å². The number of aryl methyl sites for hydroxylation is 1. The standard InChI is InChI=1S/C13H18N.C10H12O.C10H12.C2H6.CH3.ClH.Ru/c1-12(2)9-13(3,10-14-12)11-7-5-4-6-8-11;1-8(2)11-10-7-5-4-6-9(10)3;1-3-8-9-6-4-5-7(2)10(8)9;1-2;;;/h4-8,10,14H,9H2,1-3H3;3-8H,1-2H3;4-6,8H,3H2,1-2H3;1-2H3;1H3;1H;/q-1;;;;-1;;+1/p-1. The van der Waals surface area contributed by atoms with Crippen LogP contribution in [0.3, 0.4) is 0 Å².